The third-order valence-corrected chi connectivity index (χ3v) is 4.01. The molecule has 3 atom stereocenters. The van der Waals surface area contributed by atoms with Crippen molar-refractivity contribution in [2.45, 2.75) is 25.5 Å². The van der Waals surface area contributed by atoms with Crippen molar-refractivity contribution in [1.29, 1.82) is 0 Å². The van der Waals surface area contributed by atoms with Gasteiger partial charge in [-0.1, -0.05) is 0 Å². The summed E-state index contributed by atoms with van der Waals surface area (Å²) in [6.07, 6.45) is 0.805. The monoisotopic (exact) mass is 245 g/mol. The number of carboxylic acids is 1. The fourth-order valence-electron chi connectivity index (χ4n) is 2.09. The van der Waals surface area contributed by atoms with Crippen LogP contribution in [0.15, 0.2) is 0 Å². The van der Waals surface area contributed by atoms with Crippen LogP contribution in [0.1, 0.15) is 13.3 Å². The van der Waals surface area contributed by atoms with Crippen molar-refractivity contribution in [2.75, 3.05) is 18.2 Å². The molecule has 0 bridgehead atoms. The zero-order valence-corrected chi connectivity index (χ0v) is 9.90. The average molecular weight is 245 g/mol. The molecule has 3 unspecified atom stereocenters. The van der Waals surface area contributed by atoms with Crippen LogP contribution >= 0.6 is 11.8 Å². The first-order valence-electron chi connectivity index (χ1n) is 5.32. The maximum absolute atomic E-state index is 12.1. The van der Waals surface area contributed by atoms with Gasteiger partial charge in [0.05, 0.1) is 24.5 Å². The number of carbonyl (C=O) groups excluding carboxylic acids is 1. The molecule has 0 saturated carbocycles. The molecule has 2 saturated heterocycles. The summed E-state index contributed by atoms with van der Waals surface area (Å²) in [6, 6.07) is -0.659. The molecule has 16 heavy (non-hydrogen) atoms. The van der Waals surface area contributed by atoms with Gasteiger partial charge in [-0.15, -0.1) is 11.8 Å². The molecule has 2 heterocycles. The topological polar surface area (TPSA) is 66.8 Å². The number of amides is 1. The second-order valence-corrected chi connectivity index (χ2v) is 5.24. The smallest absolute Gasteiger partial charge is 0.327 e. The highest BCUT2D eigenvalue weighted by molar-refractivity contribution is 7.99. The molecule has 2 fully saturated rings. The molecule has 0 aliphatic carbocycles. The lowest BCUT2D eigenvalue weighted by atomic mass is 10.0. The van der Waals surface area contributed by atoms with Crippen LogP contribution in [0.25, 0.3) is 0 Å². The molecule has 0 aromatic carbocycles. The Balaban J connectivity index is 2.01. The molecule has 0 spiro atoms. The van der Waals surface area contributed by atoms with E-state index in [0.717, 1.165) is 0 Å². The van der Waals surface area contributed by atoms with E-state index in [4.69, 9.17) is 9.84 Å². The Morgan fingerprint density at radius 1 is 1.50 bits per heavy atom. The number of carboxylic acid groups (broad SMARTS) is 1. The van der Waals surface area contributed by atoms with Crippen molar-refractivity contribution in [1.82, 2.24) is 4.90 Å². The van der Waals surface area contributed by atoms with E-state index in [-0.39, 0.29) is 17.9 Å². The van der Waals surface area contributed by atoms with Gasteiger partial charge < -0.3 is 14.7 Å². The van der Waals surface area contributed by atoms with Gasteiger partial charge in [0.15, 0.2) is 0 Å². The van der Waals surface area contributed by atoms with Crippen molar-refractivity contribution in [2.24, 2.45) is 5.92 Å². The maximum Gasteiger partial charge on any atom is 0.327 e. The van der Waals surface area contributed by atoms with Crippen molar-refractivity contribution >= 4 is 23.6 Å². The van der Waals surface area contributed by atoms with Crippen LogP contribution in [-0.2, 0) is 14.3 Å². The summed E-state index contributed by atoms with van der Waals surface area (Å²) in [7, 11) is 0. The average Bonchev–Trinajstić information content (AvgIpc) is 2.84. The van der Waals surface area contributed by atoms with Crippen LogP contribution < -0.4 is 0 Å². The van der Waals surface area contributed by atoms with Crippen molar-refractivity contribution in [3.05, 3.63) is 0 Å². The Bertz CT molecular complexity index is 309. The second-order valence-electron chi connectivity index (χ2n) is 4.24. The Hall–Kier alpha value is -0.750. The number of carbonyl (C=O) groups is 2. The summed E-state index contributed by atoms with van der Waals surface area (Å²) in [5.74, 6) is -0.159. The SMILES string of the molecule is CC1CC(C(=O)N2CSCC2C(=O)O)CO1. The predicted molar refractivity (Wildman–Crippen MR) is 59.1 cm³/mol. The third kappa shape index (κ3) is 2.17. The first kappa shape index (κ1) is 11.7. The third-order valence-electron chi connectivity index (χ3n) is 3.00. The highest BCUT2D eigenvalue weighted by Crippen LogP contribution is 2.27. The molecular weight excluding hydrogens is 230 g/mol. The van der Waals surface area contributed by atoms with Gasteiger partial charge in [0.25, 0.3) is 0 Å². The lowest BCUT2D eigenvalue weighted by Crippen LogP contribution is -2.44. The number of aliphatic carboxylic acids is 1. The molecular formula is C10H15NO4S. The number of nitrogens with zero attached hydrogens (tertiary/aromatic N) is 1. The van der Waals surface area contributed by atoms with Crippen molar-refractivity contribution in [3.63, 3.8) is 0 Å². The van der Waals surface area contributed by atoms with Gasteiger partial charge in [0.1, 0.15) is 6.04 Å². The van der Waals surface area contributed by atoms with Crippen LogP contribution in [-0.4, -0.2) is 52.3 Å². The zero-order valence-electron chi connectivity index (χ0n) is 9.09. The standard InChI is InChI=1S/C10H15NO4S/c1-6-2-7(3-15-6)9(12)11-5-16-4-8(11)10(13)14/h6-8H,2-5H2,1H3,(H,13,14). The van der Waals surface area contributed by atoms with Crippen LogP contribution in [0.2, 0.25) is 0 Å². The minimum atomic E-state index is -0.912. The molecule has 2 aliphatic rings. The van der Waals surface area contributed by atoms with E-state index in [1.165, 1.54) is 16.7 Å². The Morgan fingerprint density at radius 3 is 2.81 bits per heavy atom. The fraction of sp³-hybridized carbons (Fsp3) is 0.800. The first-order valence-corrected chi connectivity index (χ1v) is 6.47. The molecule has 1 N–H and O–H groups in total. The lowest BCUT2D eigenvalue weighted by Gasteiger charge is -2.23. The fourth-order valence-corrected chi connectivity index (χ4v) is 3.24. The van der Waals surface area contributed by atoms with Gasteiger partial charge in [-0.05, 0) is 13.3 Å². The predicted octanol–water partition coefficient (Wildman–Crippen LogP) is 0.397. The molecule has 1 amide bonds. The largest absolute Gasteiger partial charge is 0.480 e. The number of ether oxygens (including phenoxy) is 1. The second kappa shape index (κ2) is 4.63. The summed E-state index contributed by atoms with van der Waals surface area (Å²) < 4.78 is 5.34. The van der Waals surface area contributed by atoms with E-state index in [0.29, 0.717) is 24.7 Å². The van der Waals surface area contributed by atoms with E-state index < -0.39 is 12.0 Å². The minimum Gasteiger partial charge on any atom is -0.480 e. The molecule has 2 rings (SSSR count). The number of hydrogen-bond acceptors (Lipinski definition) is 4. The van der Waals surface area contributed by atoms with Crippen LogP contribution in [0.5, 0.6) is 0 Å². The molecule has 0 aromatic rings. The van der Waals surface area contributed by atoms with Gasteiger partial charge in [-0.2, -0.15) is 0 Å². The Morgan fingerprint density at radius 2 is 2.25 bits per heavy atom. The highest BCUT2D eigenvalue weighted by Gasteiger charge is 2.39. The molecule has 5 nitrogen and oxygen atoms in total. The molecule has 90 valence electrons. The molecule has 2 aliphatic heterocycles. The molecule has 0 radical (unpaired) electrons. The molecule has 0 aromatic heterocycles. The van der Waals surface area contributed by atoms with Crippen LogP contribution in [0, 0.1) is 5.92 Å². The summed E-state index contributed by atoms with van der Waals surface area (Å²) in [5.41, 5.74) is 0. The first-order chi connectivity index (χ1) is 7.59. The number of thioether (sulfide) groups is 1. The Labute approximate surface area is 98.1 Å². The van der Waals surface area contributed by atoms with E-state index in [1.54, 1.807) is 0 Å². The van der Waals surface area contributed by atoms with Gasteiger partial charge in [0, 0.05) is 5.75 Å². The summed E-state index contributed by atoms with van der Waals surface area (Å²) in [4.78, 5) is 24.5. The van der Waals surface area contributed by atoms with E-state index in [9.17, 15) is 9.59 Å². The highest BCUT2D eigenvalue weighted by atomic mass is 32.2. The van der Waals surface area contributed by atoms with Gasteiger partial charge in [0.2, 0.25) is 5.91 Å². The lowest BCUT2D eigenvalue weighted by molar-refractivity contribution is -0.149. The van der Waals surface area contributed by atoms with Crippen molar-refractivity contribution in [3.8, 4) is 0 Å². The normalized spacial score (nSPS) is 34.3. The number of rotatable bonds is 2. The zero-order chi connectivity index (χ0) is 11.7. The van der Waals surface area contributed by atoms with Crippen molar-refractivity contribution < 1.29 is 19.4 Å². The number of hydrogen-bond donors (Lipinski definition) is 1. The van der Waals surface area contributed by atoms with Gasteiger partial charge in [-0.3, -0.25) is 4.79 Å². The van der Waals surface area contributed by atoms with Crippen LogP contribution in [0.4, 0.5) is 0 Å². The quantitative estimate of drug-likeness (QED) is 0.762. The summed E-state index contributed by atoms with van der Waals surface area (Å²) >= 11 is 1.49. The summed E-state index contributed by atoms with van der Waals surface area (Å²) in [6.45, 7) is 2.36. The van der Waals surface area contributed by atoms with E-state index in [2.05, 4.69) is 0 Å². The van der Waals surface area contributed by atoms with Crippen LogP contribution in [0.3, 0.4) is 0 Å². The maximum atomic E-state index is 12.1. The Kier molecular flexibility index (Phi) is 3.39. The van der Waals surface area contributed by atoms with Gasteiger partial charge in [-0.25, -0.2) is 4.79 Å². The molecule has 6 heteroatoms. The van der Waals surface area contributed by atoms with E-state index >= 15 is 0 Å². The minimum absolute atomic E-state index is 0.0678. The van der Waals surface area contributed by atoms with E-state index in [1.807, 2.05) is 6.92 Å². The van der Waals surface area contributed by atoms with Gasteiger partial charge >= 0.3 is 5.97 Å². The summed E-state index contributed by atoms with van der Waals surface area (Å²) in [5, 5.41) is 8.99.